The summed E-state index contributed by atoms with van der Waals surface area (Å²) in [5.74, 6) is 0.265. The van der Waals surface area contributed by atoms with Gasteiger partial charge in [-0.15, -0.1) is 0 Å². The molecule has 0 saturated carbocycles. The molecule has 7 aromatic rings. The Balaban J connectivity index is 1.26. The molecule has 0 amide bonds. The molecule has 3 nitrogen and oxygen atoms in total. The number of allylic oxidation sites excluding steroid dienone is 4. The summed E-state index contributed by atoms with van der Waals surface area (Å²) >= 11 is 0. The zero-order chi connectivity index (χ0) is 28.3. The molecule has 0 radical (unpaired) electrons. The van der Waals surface area contributed by atoms with Crippen LogP contribution in [0.15, 0.2) is 145 Å². The minimum Gasteiger partial charge on any atom is -0.295 e. The van der Waals surface area contributed by atoms with Crippen LogP contribution in [0, 0.1) is 0 Å². The maximum atomic E-state index is 5.42. The number of aliphatic imine (C=N–C) groups is 1. The standard InChI is InChI=1S/C40H27N3/c1-2-10-29(11-3-1)41-25-26-18-20-27(21-19-26)28-22-23-33-32-14-6-9-17-36(32)40-42-38-34-15-7-4-12-30(34)31-13-5-8-16-35(31)39(38)43(40)37(33)24-28/h1-15,17-25,35H,16H2/b41-25+. The second-order valence-electron chi connectivity index (χ2n) is 11.4. The molecule has 1 atom stereocenters. The van der Waals surface area contributed by atoms with Crippen LogP contribution in [-0.2, 0) is 0 Å². The zero-order valence-electron chi connectivity index (χ0n) is 23.5. The van der Waals surface area contributed by atoms with E-state index in [1.165, 1.54) is 55.2 Å². The zero-order valence-corrected chi connectivity index (χ0v) is 23.5. The normalized spacial score (nSPS) is 15.5. The Labute approximate surface area is 249 Å². The average molecular weight is 550 g/mol. The third kappa shape index (κ3) is 3.75. The molecule has 0 fully saturated rings. The monoisotopic (exact) mass is 549 g/mol. The van der Waals surface area contributed by atoms with E-state index >= 15 is 0 Å². The predicted molar refractivity (Wildman–Crippen MR) is 179 cm³/mol. The Kier molecular flexibility index (Phi) is 5.32. The molecule has 0 N–H and O–H groups in total. The summed E-state index contributed by atoms with van der Waals surface area (Å²) in [4.78, 5) is 10.0. The molecule has 202 valence electrons. The molecule has 1 unspecified atom stereocenters. The summed E-state index contributed by atoms with van der Waals surface area (Å²) in [5, 5.41) is 3.67. The van der Waals surface area contributed by atoms with Gasteiger partial charge in [0.15, 0.2) is 0 Å². The third-order valence-corrected chi connectivity index (χ3v) is 8.96. The second kappa shape index (κ2) is 9.50. The minimum atomic E-state index is 0.265. The van der Waals surface area contributed by atoms with Gasteiger partial charge in [0, 0.05) is 28.5 Å². The first-order valence-corrected chi connectivity index (χ1v) is 14.9. The molecule has 9 rings (SSSR count). The molecular weight excluding hydrogens is 522 g/mol. The Morgan fingerprint density at radius 3 is 2.30 bits per heavy atom. The summed E-state index contributed by atoms with van der Waals surface area (Å²) in [6.07, 6.45) is 9.70. The molecule has 0 bridgehead atoms. The Morgan fingerprint density at radius 2 is 1.44 bits per heavy atom. The molecule has 0 spiro atoms. The van der Waals surface area contributed by atoms with Crippen molar-refractivity contribution in [1.82, 2.24) is 9.38 Å². The van der Waals surface area contributed by atoms with Crippen molar-refractivity contribution in [2.24, 2.45) is 4.99 Å². The van der Waals surface area contributed by atoms with Crippen molar-refractivity contribution in [3.63, 3.8) is 0 Å². The van der Waals surface area contributed by atoms with Gasteiger partial charge in [-0.3, -0.25) is 9.39 Å². The van der Waals surface area contributed by atoms with Crippen LogP contribution in [0.3, 0.4) is 0 Å². The SMILES string of the molecule is C1=CCC2C(=C1)c1ccccc1-c1nc3c4ccccc4c4ccc(-c5ccc(/C=N/c6ccccc6)cc5)cc4n3c12. The maximum Gasteiger partial charge on any atom is 0.146 e. The number of pyridine rings is 1. The summed E-state index contributed by atoms with van der Waals surface area (Å²) in [6, 6.07) is 43.1. The van der Waals surface area contributed by atoms with Gasteiger partial charge in [0.1, 0.15) is 5.65 Å². The number of aromatic nitrogens is 2. The van der Waals surface area contributed by atoms with Gasteiger partial charge < -0.3 is 0 Å². The van der Waals surface area contributed by atoms with E-state index in [2.05, 4.69) is 119 Å². The van der Waals surface area contributed by atoms with E-state index in [-0.39, 0.29) is 5.92 Å². The van der Waals surface area contributed by atoms with Gasteiger partial charge >= 0.3 is 0 Å². The van der Waals surface area contributed by atoms with Crippen molar-refractivity contribution in [1.29, 1.82) is 0 Å². The van der Waals surface area contributed by atoms with Crippen molar-refractivity contribution in [3.05, 3.63) is 156 Å². The van der Waals surface area contributed by atoms with Gasteiger partial charge in [-0.25, -0.2) is 4.98 Å². The molecule has 2 aliphatic rings. The first kappa shape index (κ1) is 24.1. The fourth-order valence-corrected chi connectivity index (χ4v) is 6.95. The van der Waals surface area contributed by atoms with Gasteiger partial charge in [-0.1, -0.05) is 121 Å². The van der Waals surface area contributed by atoms with Crippen molar-refractivity contribution < 1.29 is 0 Å². The first-order valence-electron chi connectivity index (χ1n) is 14.9. The molecule has 3 heteroatoms. The van der Waals surface area contributed by atoms with Crippen LogP contribution >= 0.6 is 0 Å². The number of rotatable bonds is 3. The van der Waals surface area contributed by atoms with Crippen LogP contribution in [-0.4, -0.2) is 15.6 Å². The molecule has 0 aliphatic heterocycles. The van der Waals surface area contributed by atoms with Crippen molar-refractivity contribution in [3.8, 4) is 22.4 Å². The number of hydrogen-bond acceptors (Lipinski definition) is 2. The van der Waals surface area contributed by atoms with E-state index < -0.39 is 0 Å². The highest BCUT2D eigenvalue weighted by atomic mass is 15.0. The number of fused-ring (bicyclic) bond motifs is 13. The molecule has 5 aromatic carbocycles. The second-order valence-corrected chi connectivity index (χ2v) is 11.4. The maximum absolute atomic E-state index is 5.42. The molecule has 43 heavy (non-hydrogen) atoms. The van der Waals surface area contributed by atoms with Gasteiger partial charge in [-0.2, -0.15) is 0 Å². The molecule has 0 saturated heterocycles. The fraction of sp³-hybridized carbons (Fsp3) is 0.0500. The van der Waals surface area contributed by atoms with E-state index in [1.54, 1.807) is 0 Å². The number of para-hydroxylation sites is 1. The Bertz CT molecular complexity index is 2300. The number of imidazole rings is 1. The highest BCUT2D eigenvalue weighted by Gasteiger charge is 2.34. The molecular formula is C40H27N3. The highest BCUT2D eigenvalue weighted by molar-refractivity contribution is 6.13. The van der Waals surface area contributed by atoms with E-state index in [1.807, 2.05) is 36.5 Å². The van der Waals surface area contributed by atoms with Gasteiger partial charge in [-0.05, 0) is 57.8 Å². The summed E-state index contributed by atoms with van der Waals surface area (Å²) in [7, 11) is 0. The van der Waals surface area contributed by atoms with Crippen molar-refractivity contribution in [2.75, 3.05) is 0 Å². The van der Waals surface area contributed by atoms with E-state index in [0.717, 1.165) is 29.0 Å². The quantitative estimate of drug-likeness (QED) is 0.159. The summed E-state index contributed by atoms with van der Waals surface area (Å²) in [6.45, 7) is 0. The van der Waals surface area contributed by atoms with Crippen LogP contribution in [0.2, 0.25) is 0 Å². The molecule has 2 heterocycles. The topological polar surface area (TPSA) is 29.7 Å². The van der Waals surface area contributed by atoms with E-state index in [0.29, 0.717) is 0 Å². The largest absolute Gasteiger partial charge is 0.295 e. The lowest BCUT2D eigenvalue weighted by molar-refractivity contribution is 0.824. The average Bonchev–Trinajstić information content (AvgIpc) is 3.50. The van der Waals surface area contributed by atoms with Crippen molar-refractivity contribution >= 4 is 44.8 Å². The highest BCUT2D eigenvalue weighted by Crippen LogP contribution is 2.50. The third-order valence-electron chi connectivity index (χ3n) is 8.96. The van der Waals surface area contributed by atoms with Gasteiger partial charge in [0.2, 0.25) is 0 Å². The fourth-order valence-electron chi connectivity index (χ4n) is 6.95. The smallest absolute Gasteiger partial charge is 0.146 e. The van der Waals surface area contributed by atoms with Crippen LogP contribution in [0.5, 0.6) is 0 Å². The predicted octanol–water partition coefficient (Wildman–Crippen LogP) is 10.2. The van der Waals surface area contributed by atoms with Gasteiger partial charge in [0.05, 0.1) is 22.6 Å². The number of benzene rings is 5. The summed E-state index contributed by atoms with van der Waals surface area (Å²) < 4.78 is 2.46. The first-order chi connectivity index (χ1) is 21.3. The van der Waals surface area contributed by atoms with Crippen LogP contribution in [0.25, 0.3) is 55.3 Å². The van der Waals surface area contributed by atoms with Crippen LogP contribution in [0.1, 0.15) is 29.2 Å². The molecule has 2 aliphatic carbocycles. The minimum absolute atomic E-state index is 0.265. The lowest BCUT2D eigenvalue weighted by atomic mass is 9.76. The van der Waals surface area contributed by atoms with Gasteiger partial charge in [0.25, 0.3) is 0 Å². The Morgan fingerprint density at radius 1 is 0.698 bits per heavy atom. The molecule has 2 aromatic heterocycles. The number of nitrogens with zero attached hydrogens (tertiary/aromatic N) is 3. The van der Waals surface area contributed by atoms with Crippen LogP contribution < -0.4 is 0 Å². The lowest BCUT2D eigenvalue weighted by Gasteiger charge is -2.29. The van der Waals surface area contributed by atoms with E-state index in [4.69, 9.17) is 4.98 Å². The van der Waals surface area contributed by atoms with Crippen LogP contribution in [0.4, 0.5) is 5.69 Å². The van der Waals surface area contributed by atoms with E-state index in [9.17, 15) is 0 Å². The number of hydrogen-bond donors (Lipinski definition) is 0. The lowest BCUT2D eigenvalue weighted by Crippen LogP contribution is -2.13. The Hall–Kier alpha value is -5.54. The summed E-state index contributed by atoms with van der Waals surface area (Å²) in [5.41, 5.74) is 12.9. The van der Waals surface area contributed by atoms with Crippen molar-refractivity contribution in [2.45, 2.75) is 12.3 Å².